The van der Waals surface area contributed by atoms with Crippen LogP contribution in [0.4, 0.5) is 0 Å². The van der Waals surface area contributed by atoms with Crippen LogP contribution in [0, 0.1) is 87.0 Å². The molecule has 12 aromatic carbocycles. The van der Waals surface area contributed by atoms with Crippen LogP contribution in [0.5, 0.6) is 11.5 Å². The molecule has 20 rings (SSSR count). The molecule has 6 nitrogen and oxygen atoms in total. The minimum Gasteiger partial charge on any atom is -0.501 e. The first-order valence-electron chi connectivity index (χ1n) is 52.2. The molecular weight excluding hydrogens is 1890 g/mol. The van der Waals surface area contributed by atoms with Gasteiger partial charge in [0, 0.05) is 80.5 Å². The highest BCUT2D eigenvalue weighted by Crippen LogP contribution is 2.54. The molecule has 4 heterocycles. The van der Waals surface area contributed by atoms with E-state index in [1.165, 1.54) is 204 Å². The molecule has 0 saturated carbocycles. The molecule has 5 aliphatic rings. The second kappa shape index (κ2) is 50.1. The van der Waals surface area contributed by atoms with Gasteiger partial charge < -0.3 is 18.9 Å². The zero-order chi connectivity index (χ0) is 105. The van der Waals surface area contributed by atoms with Crippen molar-refractivity contribution in [1.29, 1.82) is 0 Å². The summed E-state index contributed by atoms with van der Waals surface area (Å²) >= 11 is 9.14. The van der Waals surface area contributed by atoms with Gasteiger partial charge in [0.15, 0.2) is 0 Å². The van der Waals surface area contributed by atoms with Crippen molar-refractivity contribution in [3.05, 3.63) is 415 Å². The van der Waals surface area contributed by atoms with Crippen molar-refractivity contribution in [2.45, 2.75) is 218 Å². The number of aryl methyl sites for hydroxylation is 10. The lowest BCUT2D eigenvalue weighted by Gasteiger charge is -2.25. The number of allylic oxidation sites excluding steroid dienone is 8. The summed E-state index contributed by atoms with van der Waals surface area (Å²) in [5, 5.41) is 0. The Hall–Kier alpha value is -12.3. The van der Waals surface area contributed by atoms with Gasteiger partial charge in [0.25, 0.3) is 0 Å². The van der Waals surface area contributed by atoms with Crippen LogP contribution in [0.3, 0.4) is 0 Å². The van der Waals surface area contributed by atoms with E-state index in [4.69, 9.17) is 18.9 Å². The van der Waals surface area contributed by atoms with Gasteiger partial charge in [0.05, 0.1) is 44.9 Å². The van der Waals surface area contributed by atoms with Crippen molar-refractivity contribution in [2.75, 3.05) is 38.9 Å². The number of thiophene rings is 2. The molecule has 1 aliphatic heterocycles. The zero-order valence-electron chi connectivity index (χ0n) is 91.8. The number of hydrogen-bond donors (Lipinski definition) is 0. The van der Waals surface area contributed by atoms with Crippen molar-refractivity contribution < 1.29 is 18.9 Å². The van der Waals surface area contributed by atoms with Gasteiger partial charge in [-0.05, 0) is 297 Å². The number of nitrogens with zero attached hydrogens (tertiary/aromatic N) is 2. The monoisotopic (exact) mass is 2040 g/mol. The molecule has 11 heteroatoms. The minimum atomic E-state index is 0.00178. The third kappa shape index (κ3) is 26.5. The lowest BCUT2D eigenvalue weighted by Crippen LogP contribution is -2.15. The number of fused-ring (bicyclic) bond motifs is 11. The first-order valence-corrected chi connectivity index (χ1v) is 56.5. The molecule has 0 N–H and O–H groups in total. The number of aromatic nitrogens is 2. The van der Waals surface area contributed by atoms with E-state index in [0.717, 1.165) is 83.2 Å². The number of hydrogen-bond acceptors (Lipinski definition) is 11. The average Bonchev–Trinajstić information content (AvgIpc) is 1.58. The number of thioether (sulfide) groups is 2. The first-order chi connectivity index (χ1) is 70.6. The van der Waals surface area contributed by atoms with Crippen LogP contribution in [0.1, 0.15) is 248 Å². The summed E-state index contributed by atoms with van der Waals surface area (Å²) in [4.78, 5) is 8.92. The third-order valence-corrected chi connectivity index (χ3v) is 34.6. The smallest absolute Gasteiger partial charge is 0.127 e. The number of rotatable bonds is 21. The van der Waals surface area contributed by atoms with Crippen LogP contribution in [0.2, 0.25) is 0 Å². The van der Waals surface area contributed by atoms with Gasteiger partial charge in [0.1, 0.15) is 28.3 Å². The van der Waals surface area contributed by atoms with Crippen molar-refractivity contribution in [3.8, 4) is 78.3 Å². The SMILES string of the molecule is C/C=C/c1cc(OC)c(C)cc1OCC(C)CC.C/C=C/c1ccc(-c2ccc(/C=C/C3CC(OC)=C(C)C=C3OCC(C)CC)cc2)cc1.C/C=C/c1ccc2c(c1)C(C)(C)c1cc(/C=C/c3ccc(-c4ccc(C)cc4)cc3)ccc1-2.C/C=C/c1sc(C)cc1C.Cc1ccc2c(c1)C(C)(C)c1cc(-c3ccc(C)c4nsnc34)ccc1-2.Cc1ccc2c(c1)C(C)(C)c1cc(C)ccc1-2.Cc1sc(C)c2c1SCCS2. The summed E-state index contributed by atoms with van der Waals surface area (Å²) in [5.41, 5.74) is 43.8. The lowest BCUT2D eigenvalue weighted by atomic mass is 9.81. The summed E-state index contributed by atoms with van der Waals surface area (Å²) in [5.74, 6) is 7.80. The van der Waals surface area contributed by atoms with Crippen LogP contribution in [0.15, 0.2) is 300 Å². The normalized spacial score (nSPS) is 14.9. The van der Waals surface area contributed by atoms with Crippen molar-refractivity contribution in [2.24, 2.45) is 17.8 Å². The van der Waals surface area contributed by atoms with Crippen molar-refractivity contribution in [3.63, 3.8) is 0 Å². The molecule has 147 heavy (non-hydrogen) atoms. The van der Waals surface area contributed by atoms with E-state index in [1.807, 2.05) is 85.2 Å². The van der Waals surface area contributed by atoms with Crippen molar-refractivity contribution >= 4 is 111 Å². The van der Waals surface area contributed by atoms with Gasteiger partial charge >= 0.3 is 0 Å². The van der Waals surface area contributed by atoms with Gasteiger partial charge in [-0.25, -0.2) is 0 Å². The summed E-state index contributed by atoms with van der Waals surface area (Å²) in [7, 11) is 3.45. The van der Waals surface area contributed by atoms with Gasteiger partial charge in [-0.1, -0.05) is 383 Å². The predicted molar refractivity (Wildman–Crippen MR) is 646 cm³/mol. The van der Waals surface area contributed by atoms with E-state index in [-0.39, 0.29) is 22.2 Å². The second-order valence-corrected chi connectivity index (χ2v) is 46.8. The molecule has 0 saturated heterocycles. The quantitative estimate of drug-likeness (QED) is 0.0660. The Kier molecular flexibility index (Phi) is 37.6. The van der Waals surface area contributed by atoms with Crippen LogP contribution in [-0.4, -0.2) is 47.7 Å². The molecule has 758 valence electrons. The molecule has 0 fully saturated rings. The van der Waals surface area contributed by atoms with E-state index in [0.29, 0.717) is 11.8 Å². The van der Waals surface area contributed by atoms with Crippen LogP contribution in [0.25, 0.3) is 120 Å². The Morgan fingerprint density at radius 1 is 0.361 bits per heavy atom. The van der Waals surface area contributed by atoms with Crippen LogP contribution >= 0.6 is 57.9 Å². The summed E-state index contributed by atoms with van der Waals surface area (Å²) in [6, 6.07) is 86.6. The molecule has 0 amide bonds. The number of methoxy groups -OCH3 is 2. The van der Waals surface area contributed by atoms with Crippen LogP contribution < -0.4 is 9.47 Å². The summed E-state index contributed by atoms with van der Waals surface area (Å²) < 4.78 is 32.1. The number of ether oxygens (including phenoxy) is 4. The fourth-order valence-electron chi connectivity index (χ4n) is 19.8. The van der Waals surface area contributed by atoms with E-state index in [1.54, 1.807) is 24.0 Å². The topological polar surface area (TPSA) is 62.7 Å². The van der Waals surface area contributed by atoms with E-state index in [9.17, 15) is 0 Å². The summed E-state index contributed by atoms with van der Waals surface area (Å²) in [6.45, 7) is 56.1. The maximum atomic E-state index is 6.22. The Balaban J connectivity index is 0.000000140. The minimum absolute atomic E-state index is 0.00178. The average molecular weight is 2040 g/mol. The lowest BCUT2D eigenvalue weighted by molar-refractivity contribution is 0.142. The number of benzene rings is 12. The fourth-order valence-corrected chi connectivity index (χ4v) is 25.4. The molecular formula is C136H150N2O4S5. The Morgan fingerprint density at radius 3 is 1.23 bits per heavy atom. The molecule has 0 bridgehead atoms. The molecule has 15 aromatic rings. The van der Waals surface area contributed by atoms with E-state index < -0.39 is 0 Å². The first kappa shape index (κ1) is 110. The second-order valence-electron chi connectivity index (χ2n) is 41.4. The standard InChI is InChI=1S/C33H30.C30H36O2.C23H20N2S.C17H18.C16H24O2.C9H12S.C8H10S3/c1-5-6-25-13-19-29-30-20-14-26(22-32(30)33(3,4)31(29)21-25)10-9-24-11-17-28(18-12-24)27-15-7-23(2)8-16-27;1-6-8-24-9-14-26(15-10-24)27-16-11-25(12-17-27)13-18-28-20-29(31-5)23(4)19-30(28)32-21-22(3)7-2;1-13-5-8-17-18-10-7-15(12-20(18)23(3,4)19(17)11-13)16-9-6-14(2)21-22(16)25-26-24-21;1-11-5-7-13-14-8-6-12(2)10-16(14)17(3,4)15(13)9-11;1-6-8-14-10-15(17-5)13(4)9-16(14)18-11-12(3)7-2;1-4-5-9-7(2)6-8(3)10-9;1-5-7-8(6(2)11-5)10-4-3-9-7/h5-22H,1-4H3;6,8-19,22,28H,7,20-21H2,1-5H3;5-12H,1-4H3;5-10H,1-4H3;6,8-10,12H,7,11H2,1-5H3;4-6H,1-3H3;3-4H2,1-2H3/b6-5+,10-9+;8-6+,18-13+;;;8-6+;5-4+;. The van der Waals surface area contributed by atoms with Crippen LogP contribution in [-0.2, 0) is 25.7 Å². The fraction of sp³-hybridized carbons (Fsp3) is 0.294. The maximum Gasteiger partial charge on any atom is 0.127 e. The van der Waals surface area contributed by atoms with Gasteiger partial charge in [-0.3, -0.25) is 0 Å². The third-order valence-electron chi connectivity index (χ3n) is 28.9. The van der Waals surface area contributed by atoms with Crippen molar-refractivity contribution in [1.82, 2.24) is 8.75 Å². The Labute approximate surface area is 900 Å². The highest BCUT2D eigenvalue weighted by molar-refractivity contribution is 8.06. The maximum absolute atomic E-state index is 6.22. The Morgan fingerprint density at radius 2 is 0.762 bits per heavy atom. The highest BCUT2D eigenvalue weighted by Gasteiger charge is 2.39. The Bertz CT molecular complexity index is 7310. The molecule has 0 radical (unpaired) electrons. The largest absolute Gasteiger partial charge is 0.501 e. The van der Waals surface area contributed by atoms with E-state index in [2.05, 4.69) is 458 Å². The molecule has 3 aromatic heterocycles. The molecule has 3 unspecified atom stereocenters. The molecule has 4 aliphatic carbocycles. The van der Waals surface area contributed by atoms with E-state index >= 15 is 0 Å². The molecule has 0 spiro atoms. The predicted octanol–water partition coefficient (Wildman–Crippen LogP) is 39.8. The van der Waals surface area contributed by atoms with Gasteiger partial charge in [-0.15, -0.1) is 46.2 Å². The summed E-state index contributed by atoms with van der Waals surface area (Å²) in [6.07, 6.45) is 30.9. The highest BCUT2D eigenvalue weighted by atomic mass is 32.2. The molecule has 3 atom stereocenters. The zero-order valence-corrected chi connectivity index (χ0v) is 95.9. The van der Waals surface area contributed by atoms with Gasteiger partial charge in [-0.2, -0.15) is 8.75 Å². The van der Waals surface area contributed by atoms with Gasteiger partial charge in [0.2, 0.25) is 0 Å².